The van der Waals surface area contributed by atoms with E-state index in [1.165, 1.54) is 0 Å². The summed E-state index contributed by atoms with van der Waals surface area (Å²) >= 11 is 12.3. The van der Waals surface area contributed by atoms with Crippen molar-refractivity contribution < 1.29 is 0 Å². The van der Waals surface area contributed by atoms with Crippen LogP contribution in [0.15, 0.2) is 42.5 Å². The highest BCUT2D eigenvalue weighted by Crippen LogP contribution is 2.32. The fraction of sp³-hybridized carbons (Fsp3) is 0.0667. The van der Waals surface area contributed by atoms with Crippen molar-refractivity contribution in [1.82, 2.24) is 10.2 Å². The minimum absolute atomic E-state index is 0.391. The van der Waals surface area contributed by atoms with Crippen molar-refractivity contribution >= 4 is 45.5 Å². The second-order valence-corrected chi connectivity index (χ2v) is 5.21. The van der Waals surface area contributed by atoms with E-state index in [0.29, 0.717) is 16.0 Å². The molecule has 100 valence electrons. The predicted octanol–water partition coefficient (Wildman–Crippen LogP) is 4.99. The van der Waals surface area contributed by atoms with Crippen LogP contribution < -0.4 is 5.32 Å². The highest BCUT2D eigenvalue weighted by molar-refractivity contribution is 6.35. The van der Waals surface area contributed by atoms with Crippen molar-refractivity contribution in [2.75, 3.05) is 5.32 Å². The molecule has 0 spiro atoms. The van der Waals surface area contributed by atoms with Crippen LogP contribution in [-0.4, -0.2) is 10.2 Å². The van der Waals surface area contributed by atoms with Crippen LogP contribution in [-0.2, 0) is 0 Å². The first kappa shape index (κ1) is 13.2. The molecule has 0 aliphatic rings. The van der Waals surface area contributed by atoms with Crippen molar-refractivity contribution in [2.24, 2.45) is 0 Å². The largest absolute Gasteiger partial charge is 0.337 e. The van der Waals surface area contributed by atoms with E-state index in [-0.39, 0.29) is 0 Å². The molecule has 2 aromatic carbocycles. The molecule has 0 aliphatic carbocycles. The zero-order valence-electron chi connectivity index (χ0n) is 10.7. The van der Waals surface area contributed by atoms with Gasteiger partial charge in [-0.2, -0.15) is 0 Å². The fourth-order valence-electron chi connectivity index (χ4n) is 2.07. The summed E-state index contributed by atoms with van der Waals surface area (Å²) in [6, 6.07) is 13.4. The van der Waals surface area contributed by atoms with Gasteiger partial charge >= 0.3 is 0 Å². The Morgan fingerprint density at radius 3 is 2.40 bits per heavy atom. The van der Waals surface area contributed by atoms with E-state index in [2.05, 4.69) is 15.5 Å². The van der Waals surface area contributed by atoms with E-state index in [9.17, 15) is 0 Å². The lowest BCUT2D eigenvalue weighted by atomic mass is 10.1. The van der Waals surface area contributed by atoms with E-state index < -0.39 is 0 Å². The number of para-hydroxylation sites is 1. The Balaban J connectivity index is 2.14. The van der Waals surface area contributed by atoms with Crippen LogP contribution in [0.4, 0.5) is 11.5 Å². The number of rotatable bonds is 2. The fourth-order valence-corrected chi connectivity index (χ4v) is 2.54. The summed E-state index contributed by atoms with van der Waals surface area (Å²) in [7, 11) is 0. The molecule has 0 bridgehead atoms. The van der Waals surface area contributed by atoms with E-state index in [4.69, 9.17) is 23.2 Å². The molecule has 0 amide bonds. The molecular formula is C15H11Cl2N3. The molecule has 0 saturated carbocycles. The van der Waals surface area contributed by atoms with Gasteiger partial charge in [0.15, 0.2) is 11.0 Å². The lowest BCUT2D eigenvalue weighted by molar-refractivity contribution is 1.05. The van der Waals surface area contributed by atoms with E-state index in [1.54, 1.807) is 0 Å². The number of nitrogens with one attached hydrogen (secondary N) is 1. The molecule has 3 nitrogen and oxygen atoms in total. The summed E-state index contributed by atoms with van der Waals surface area (Å²) in [6.45, 7) is 1.99. The maximum Gasteiger partial charge on any atom is 0.161 e. The topological polar surface area (TPSA) is 37.8 Å². The molecule has 1 heterocycles. The molecule has 20 heavy (non-hydrogen) atoms. The van der Waals surface area contributed by atoms with Crippen LogP contribution in [0, 0.1) is 6.92 Å². The average Bonchev–Trinajstić information content (AvgIpc) is 2.46. The molecule has 0 saturated heterocycles. The van der Waals surface area contributed by atoms with Gasteiger partial charge < -0.3 is 5.32 Å². The van der Waals surface area contributed by atoms with Crippen LogP contribution >= 0.6 is 23.2 Å². The molecule has 0 fully saturated rings. The van der Waals surface area contributed by atoms with Crippen molar-refractivity contribution in [3.05, 3.63) is 58.2 Å². The summed E-state index contributed by atoms with van der Waals surface area (Å²) in [5.41, 5.74) is 1.87. The Bertz CT molecular complexity index is 767. The summed E-state index contributed by atoms with van der Waals surface area (Å²) in [5, 5.41) is 14.2. The van der Waals surface area contributed by atoms with Crippen LogP contribution in [0.1, 0.15) is 5.56 Å². The zero-order chi connectivity index (χ0) is 14.1. The number of benzene rings is 2. The lowest BCUT2D eigenvalue weighted by Gasteiger charge is -2.12. The SMILES string of the molecule is Cc1cccc(Cl)c1Nc1nnc(Cl)c2ccccc12. The summed E-state index contributed by atoms with van der Waals surface area (Å²) in [5.74, 6) is 0.640. The van der Waals surface area contributed by atoms with E-state index in [1.807, 2.05) is 49.4 Å². The van der Waals surface area contributed by atoms with Gasteiger partial charge in [-0.25, -0.2) is 0 Å². The van der Waals surface area contributed by atoms with Gasteiger partial charge in [0, 0.05) is 10.8 Å². The third kappa shape index (κ3) is 2.30. The monoisotopic (exact) mass is 303 g/mol. The minimum atomic E-state index is 0.391. The Kier molecular flexibility index (Phi) is 3.47. The number of nitrogens with zero attached hydrogens (tertiary/aromatic N) is 2. The number of anilines is 2. The maximum absolute atomic E-state index is 6.23. The quantitative estimate of drug-likeness (QED) is 0.725. The molecule has 0 radical (unpaired) electrons. The second kappa shape index (κ2) is 5.27. The minimum Gasteiger partial charge on any atom is -0.337 e. The first-order valence-electron chi connectivity index (χ1n) is 6.10. The van der Waals surface area contributed by atoms with Crippen LogP contribution in [0.3, 0.4) is 0 Å². The summed E-state index contributed by atoms with van der Waals surface area (Å²) in [4.78, 5) is 0. The van der Waals surface area contributed by atoms with Crippen molar-refractivity contribution in [1.29, 1.82) is 0 Å². The van der Waals surface area contributed by atoms with E-state index in [0.717, 1.165) is 22.0 Å². The molecule has 3 aromatic rings. The molecule has 3 rings (SSSR count). The zero-order valence-corrected chi connectivity index (χ0v) is 12.2. The van der Waals surface area contributed by atoms with Crippen LogP contribution in [0.5, 0.6) is 0 Å². The van der Waals surface area contributed by atoms with Crippen molar-refractivity contribution in [2.45, 2.75) is 6.92 Å². The Morgan fingerprint density at radius 1 is 0.900 bits per heavy atom. The summed E-state index contributed by atoms with van der Waals surface area (Å²) in [6.07, 6.45) is 0. The van der Waals surface area contributed by atoms with Gasteiger partial charge in [-0.05, 0) is 18.6 Å². The number of hydrogen-bond acceptors (Lipinski definition) is 3. The van der Waals surface area contributed by atoms with Crippen LogP contribution in [0.25, 0.3) is 10.8 Å². The Labute approximate surface area is 126 Å². The number of hydrogen-bond donors (Lipinski definition) is 1. The normalized spacial score (nSPS) is 10.8. The average molecular weight is 304 g/mol. The molecular weight excluding hydrogens is 293 g/mol. The smallest absolute Gasteiger partial charge is 0.161 e. The lowest BCUT2D eigenvalue weighted by Crippen LogP contribution is -1.99. The highest BCUT2D eigenvalue weighted by atomic mass is 35.5. The van der Waals surface area contributed by atoms with Gasteiger partial charge in [0.1, 0.15) is 0 Å². The standard InChI is InChI=1S/C15H11Cl2N3/c1-9-5-4-8-12(16)13(9)18-15-11-7-3-2-6-10(11)14(17)19-20-15/h2-8H,1H3,(H,18,20). The number of fused-ring (bicyclic) bond motifs is 1. The van der Waals surface area contributed by atoms with Gasteiger partial charge in [0.25, 0.3) is 0 Å². The maximum atomic E-state index is 6.23. The molecule has 0 unspecified atom stereocenters. The summed E-state index contributed by atoms with van der Waals surface area (Å²) < 4.78 is 0. The van der Waals surface area contributed by atoms with Crippen LogP contribution in [0.2, 0.25) is 10.2 Å². The van der Waals surface area contributed by atoms with Gasteiger partial charge in [0.2, 0.25) is 0 Å². The van der Waals surface area contributed by atoms with Crippen molar-refractivity contribution in [3.8, 4) is 0 Å². The molecule has 1 N–H and O–H groups in total. The number of halogens is 2. The first-order valence-corrected chi connectivity index (χ1v) is 6.85. The molecule has 5 heteroatoms. The molecule has 1 aromatic heterocycles. The van der Waals surface area contributed by atoms with Crippen molar-refractivity contribution in [3.63, 3.8) is 0 Å². The second-order valence-electron chi connectivity index (χ2n) is 4.44. The predicted molar refractivity (Wildman–Crippen MR) is 84.0 cm³/mol. The van der Waals surface area contributed by atoms with E-state index >= 15 is 0 Å². The first-order chi connectivity index (χ1) is 9.66. The Hall–Kier alpha value is -1.84. The third-order valence-corrected chi connectivity index (χ3v) is 3.70. The van der Waals surface area contributed by atoms with Gasteiger partial charge in [-0.15, -0.1) is 10.2 Å². The highest BCUT2D eigenvalue weighted by Gasteiger charge is 2.10. The Morgan fingerprint density at radius 2 is 1.65 bits per heavy atom. The van der Waals surface area contributed by atoms with Gasteiger partial charge in [-0.3, -0.25) is 0 Å². The molecule has 0 atom stereocenters. The number of aryl methyl sites for hydroxylation is 1. The molecule has 0 aliphatic heterocycles. The number of aromatic nitrogens is 2. The van der Waals surface area contributed by atoms with Gasteiger partial charge in [-0.1, -0.05) is 59.6 Å². The van der Waals surface area contributed by atoms with Gasteiger partial charge in [0.05, 0.1) is 10.7 Å². The third-order valence-electron chi connectivity index (χ3n) is 3.11.